The number of Topliss-reactive ketones (excluding diaryl/α,β-unsaturated/α-hetero) is 1. The maximum Gasteiger partial charge on any atom is 0.196 e. The molecule has 3 N–H and O–H groups in total. The summed E-state index contributed by atoms with van der Waals surface area (Å²) in [5.41, 5.74) is 9.55. The Labute approximate surface area is 192 Å². The fourth-order valence-electron chi connectivity index (χ4n) is 4.83. The molecule has 0 aromatic heterocycles. The van der Waals surface area contributed by atoms with E-state index in [4.69, 9.17) is 5.73 Å². The van der Waals surface area contributed by atoms with Crippen LogP contribution < -0.4 is 16.0 Å². The number of benzene rings is 3. The van der Waals surface area contributed by atoms with Gasteiger partial charge in [0.15, 0.2) is 17.3 Å². The van der Waals surface area contributed by atoms with Crippen molar-refractivity contribution in [2.45, 2.75) is 18.5 Å². The van der Waals surface area contributed by atoms with Crippen molar-refractivity contribution in [2.75, 3.05) is 24.5 Å². The van der Waals surface area contributed by atoms with Gasteiger partial charge in [-0.2, -0.15) is 0 Å². The van der Waals surface area contributed by atoms with E-state index in [1.807, 2.05) is 41.3 Å². The monoisotopic (exact) mass is 439 g/mol. The van der Waals surface area contributed by atoms with Crippen molar-refractivity contribution in [3.05, 3.63) is 101 Å². The first-order valence-corrected chi connectivity index (χ1v) is 11.2. The molecule has 1 aliphatic heterocycles. The van der Waals surface area contributed by atoms with Crippen LogP contribution in [0.25, 0.3) is 0 Å². The van der Waals surface area contributed by atoms with E-state index in [-0.39, 0.29) is 17.3 Å². The summed E-state index contributed by atoms with van der Waals surface area (Å²) in [6, 6.07) is 20.7. The quantitative estimate of drug-likeness (QED) is 0.496. The zero-order chi connectivity index (χ0) is 22.9. The highest BCUT2D eigenvalue weighted by molar-refractivity contribution is 6.30. The van der Waals surface area contributed by atoms with E-state index in [1.165, 1.54) is 0 Å². The molecule has 2 atom stereocenters. The molecule has 0 bridgehead atoms. The standard InChI is InChI=1S/C27H25N3O3/c28-21(15-17-7-2-1-3-8-17)27(33)23-16-29-13-14-30(23)22-12-6-11-20-24(22)26(32)19-10-5-4-9-18(19)25(20)31/h1-12,21,23,29H,13-16,28H2/t21-,23?/m0/s1. The third-order valence-corrected chi connectivity index (χ3v) is 6.48. The Balaban J connectivity index is 1.50. The average molecular weight is 440 g/mol. The lowest BCUT2D eigenvalue weighted by molar-refractivity contribution is -0.121. The third-order valence-electron chi connectivity index (χ3n) is 6.48. The Bertz CT molecular complexity index is 1240. The van der Waals surface area contributed by atoms with Gasteiger partial charge in [-0.25, -0.2) is 0 Å². The van der Waals surface area contributed by atoms with Crippen LogP contribution in [0.15, 0.2) is 72.8 Å². The Kier molecular flexibility index (Phi) is 5.62. The molecule has 2 aliphatic rings. The molecular weight excluding hydrogens is 414 g/mol. The third kappa shape index (κ3) is 3.77. The maximum atomic E-state index is 13.5. The summed E-state index contributed by atoms with van der Waals surface area (Å²) in [5.74, 6) is -0.436. The van der Waals surface area contributed by atoms with Crippen LogP contribution in [0.3, 0.4) is 0 Å². The number of ketones is 3. The van der Waals surface area contributed by atoms with Gasteiger partial charge in [0.1, 0.15) is 6.04 Å². The molecule has 33 heavy (non-hydrogen) atoms. The van der Waals surface area contributed by atoms with Crippen LogP contribution in [-0.2, 0) is 11.2 Å². The summed E-state index contributed by atoms with van der Waals surface area (Å²) in [6.45, 7) is 1.64. The minimum Gasteiger partial charge on any atom is -0.358 e. The van der Waals surface area contributed by atoms with E-state index in [0.29, 0.717) is 54.0 Å². The molecule has 0 spiro atoms. The lowest BCUT2D eigenvalue weighted by atomic mass is 9.82. The van der Waals surface area contributed by atoms with Gasteiger partial charge in [0, 0.05) is 42.0 Å². The Morgan fingerprint density at radius 1 is 0.909 bits per heavy atom. The summed E-state index contributed by atoms with van der Waals surface area (Å²) in [5, 5.41) is 3.28. The summed E-state index contributed by atoms with van der Waals surface area (Å²) in [6.07, 6.45) is 0.446. The smallest absolute Gasteiger partial charge is 0.196 e. The predicted octanol–water partition coefficient (Wildman–Crippen LogP) is 2.38. The highest BCUT2D eigenvalue weighted by Crippen LogP contribution is 2.35. The molecule has 3 aromatic rings. The molecule has 1 unspecified atom stereocenters. The van der Waals surface area contributed by atoms with Crippen LogP contribution in [-0.4, -0.2) is 49.1 Å². The maximum absolute atomic E-state index is 13.5. The molecule has 166 valence electrons. The Morgan fingerprint density at radius 3 is 2.33 bits per heavy atom. The van der Waals surface area contributed by atoms with E-state index in [0.717, 1.165) is 5.56 Å². The highest BCUT2D eigenvalue weighted by Gasteiger charge is 2.37. The molecule has 3 aromatic carbocycles. The first kappa shape index (κ1) is 21.2. The number of nitrogens with one attached hydrogen (secondary N) is 1. The van der Waals surface area contributed by atoms with Crippen LogP contribution in [0.1, 0.15) is 37.4 Å². The van der Waals surface area contributed by atoms with Gasteiger partial charge >= 0.3 is 0 Å². The molecule has 0 amide bonds. The van der Waals surface area contributed by atoms with E-state index in [2.05, 4.69) is 5.32 Å². The van der Waals surface area contributed by atoms with Crippen LogP contribution >= 0.6 is 0 Å². The molecular formula is C27H25N3O3. The number of carbonyl (C=O) groups excluding carboxylic acids is 3. The zero-order valence-electron chi connectivity index (χ0n) is 18.2. The van der Waals surface area contributed by atoms with Gasteiger partial charge in [0.05, 0.1) is 11.6 Å². The normalized spacial score (nSPS) is 18.5. The van der Waals surface area contributed by atoms with Gasteiger partial charge in [-0.1, -0.05) is 66.7 Å². The number of rotatable bonds is 5. The molecule has 1 fully saturated rings. The van der Waals surface area contributed by atoms with Crippen molar-refractivity contribution in [1.29, 1.82) is 0 Å². The molecule has 1 heterocycles. The van der Waals surface area contributed by atoms with Gasteiger partial charge in [0.25, 0.3) is 0 Å². The van der Waals surface area contributed by atoms with Gasteiger partial charge in [-0.05, 0) is 18.1 Å². The van der Waals surface area contributed by atoms with Crippen molar-refractivity contribution in [3.8, 4) is 0 Å². The highest BCUT2D eigenvalue weighted by atomic mass is 16.1. The summed E-state index contributed by atoms with van der Waals surface area (Å²) >= 11 is 0. The van der Waals surface area contributed by atoms with Gasteiger partial charge in [-0.15, -0.1) is 0 Å². The number of hydrogen-bond acceptors (Lipinski definition) is 6. The van der Waals surface area contributed by atoms with Crippen LogP contribution in [0.2, 0.25) is 0 Å². The first-order valence-electron chi connectivity index (χ1n) is 11.2. The number of carbonyl (C=O) groups is 3. The van der Waals surface area contributed by atoms with Crippen molar-refractivity contribution in [3.63, 3.8) is 0 Å². The number of anilines is 1. The van der Waals surface area contributed by atoms with Crippen LogP contribution in [0.5, 0.6) is 0 Å². The molecule has 6 nitrogen and oxygen atoms in total. The summed E-state index contributed by atoms with van der Waals surface area (Å²) in [7, 11) is 0. The molecule has 1 saturated heterocycles. The zero-order valence-corrected chi connectivity index (χ0v) is 18.2. The lowest BCUT2D eigenvalue weighted by Gasteiger charge is -2.39. The molecule has 0 radical (unpaired) electrons. The van der Waals surface area contributed by atoms with E-state index in [9.17, 15) is 14.4 Å². The minimum absolute atomic E-state index is 0.0846. The van der Waals surface area contributed by atoms with E-state index >= 15 is 0 Å². The van der Waals surface area contributed by atoms with Crippen LogP contribution in [0.4, 0.5) is 5.69 Å². The SMILES string of the molecule is N[C@@H](Cc1ccccc1)C(=O)C1CNCCN1c1cccc2c1C(=O)c1ccccc1C2=O. The summed E-state index contributed by atoms with van der Waals surface area (Å²) < 4.78 is 0. The first-order chi connectivity index (χ1) is 16.1. The molecule has 1 aliphatic carbocycles. The van der Waals surface area contributed by atoms with Gasteiger partial charge in [0.2, 0.25) is 0 Å². The van der Waals surface area contributed by atoms with Gasteiger partial charge in [-0.3, -0.25) is 14.4 Å². The van der Waals surface area contributed by atoms with Crippen molar-refractivity contribution in [2.24, 2.45) is 5.73 Å². The Hall–Kier alpha value is -3.61. The second-order valence-electron chi connectivity index (χ2n) is 8.52. The van der Waals surface area contributed by atoms with Gasteiger partial charge < -0.3 is 16.0 Å². The average Bonchev–Trinajstić information content (AvgIpc) is 2.87. The molecule has 6 heteroatoms. The van der Waals surface area contributed by atoms with Crippen molar-refractivity contribution in [1.82, 2.24) is 5.32 Å². The lowest BCUT2D eigenvalue weighted by Crippen LogP contribution is -2.59. The number of hydrogen-bond donors (Lipinski definition) is 2. The molecule has 5 rings (SSSR count). The van der Waals surface area contributed by atoms with Crippen molar-refractivity contribution < 1.29 is 14.4 Å². The number of nitrogens with two attached hydrogens (primary N) is 1. The number of nitrogens with zero attached hydrogens (tertiary/aromatic N) is 1. The number of piperazine rings is 1. The second kappa shape index (κ2) is 8.73. The predicted molar refractivity (Wildman–Crippen MR) is 127 cm³/mol. The van der Waals surface area contributed by atoms with E-state index in [1.54, 1.807) is 36.4 Å². The Morgan fingerprint density at radius 2 is 1.58 bits per heavy atom. The fraction of sp³-hybridized carbons (Fsp3) is 0.222. The molecule has 0 saturated carbocycles. The number of fused-ring (bicyclic) bond motifs is 2. The van der Waals surface area contributed by atoms with Crippen LogP contribution in [0, 0.1) is 0 Å². The fourth-order valence-corrected chi connectivity index (χ4v) is 4.83. The topological polar surface area (TPSA) is 92.5 Å². The van der Waals surface area contributed by atoms with E-state index < -0.39 is 12.1 Å². The minimum atomic E-state index is -0.669. The van der Waals surface area contributed by atoms with Crippen molar-refractivity contribution >= 4 is 23.0 Å². The second-order valence-corrected chi connectivity index (χ2v) is 8.52. The largest absolute Gasteiger partial charge is 0.358 e. The summed E-state index contributed by atoms with van der Waals surface area (Å²) in [4.78, 5) is 42.0.